The number of benzene rings is 4. The van der Waals surface area contributed by atoms with Crippen LogP contribution in [0.2, 0.25) is 0 Å². The number of nitrogens with zero attached hydrogens (tertiary/aromatic N) is 2. The number of rotatable bonds is 9. The molecule has 5 aromatic rings. The zero-order valence-electron chi connectivity index (χ0n) is 21.9. The third kappa shape index (κ3) is 5.18. The fraction of sp³-hybridized carbons (Fsp3) is 0.182. The highest BCUT2D eigenvalue weighted by Gasteiger charge is 2.23. The summed E-state index contributed by atoms with van der Waals surface area (Å²) in [5.41, 5.74) is 5.31. The van der Waals surface area contributed by atoms with E-state index < -0.39 is 0 Å². The van der Waals surface area contributed by atoms with Crippen LogP contribution in [0.15, 0.2) is 103 Å². The van der Waals surface area contributed by atoms with Gasteiger partial charge in [0.1, 0.15) is 5.75 Å². The number of aromatic nitrogens is 1. The van der Waals surface area contributed by atoms with E-state index in [4.69, 9.17) is 14.2 Å². The molecule has 0 aliphatic carbocycles. The second-order valence-electron chi connectivity index (χ2n) is 9.59. The molecular formula is C33H30N2O4. The van der Waals surface area contributed by atoms with Gasteiger partial charge in [0.05, 0.1) is 31.5 Å². The third-order valence-electron chi connectivity index (χ3n) is 7.02. The molecule has 1 aliphatic rings. The minimum Gasteiger partial charge on any atom is -0.494 e. The molecule has 0 unspecified atom stereocenters. The highest BCUT2D eigenvalue weighted by atomic mass is 16.5. The van der Waals surface area contributed by atoms with Gasteiger partial charge in [0, 0.05) is 30.2 Å². The van der Waals surface area contributed by atoms with Crippen molar-refractivity contribution in [2.75, 3.05) is 25.2 Å². The highest BCUT2D eigenvalue weighted by Crippen LogP contribution is 2.46. The van der Waals surface area contributed by atoms with Gasteiger partial charge in [-0.15, -0.1) is 0 Å². The number of hydrogen-bond donors (Lipinski definition) is 0. The van der Waals surface area contributed by atoms with Gasteiger partial charge in [0.25, 0.3) is 0 Å². The maximum absolute atomic E-state index is 12.1. The van der Waals surface area contributed by atoms with Gasteiger partial charge in [-0.2, -0.15) is 0 Å². The van der Waals surface area contributed by atoms with Crippen LogP contribution < -0.4 is 14.4 Å². The van der Waals surface area contributed by atoms with Crippen molar-refractivity contribution in [3.05, 3.63) is 114 Å². The first-order valence-corrected chi connectivity index (χ1v) is 13.2. The average Bonchev–Trinajstić information content (AvgIpc) is 3.30. The summed E-state index contributed by atoms with van der Waals surface area (Å²) in [7, 11) is 1.42. The van der Waals surface area contributed by atoms with Gasteiger partial charge in [0.15, 0.2) is 11.5 Å². The molecule has 1 aromatic heterocycles. The van der Waals surface area contributed by atoms with Crippen molar-refractivity contribution in [3.63, 3.8) is 0 Å². The SMILES string of the molecule is COC(=O)Cc1cn(Cc2ccccc2)c2ccc(OCCCN3c4ccccc4Oc4ccccc43)cc12. The molecule has 0 radical (unpaired) electrons. The van der Waals surface area contributed by atoms with Gasteiger partial charge in [-0.1, -0.05) is 54.6 Å². The van der Waals surface area contributed by atoms with Gasteiger partial charge in [-0.25, -0.2) is 0 Å². The lowest BCUT2D eigenvalue weighted by atomic mass is 10.1. The van der Waals surface area contributed by atoms with Crippen LogP contribution in [0.5, 0.6) is 17.2 Å². The zero-order chi connectivity index (χ0) is 26.6. The molecule has 0 saturated heterocycles. The lowest BCUT2D eigenvalue weighted by molar-refractivity contribution is -0.139. The highest BCUT2D eigenvalue weighted by molar-refractivity contribution is 5.89. The summed E-state index contributed by atoms with van der Waals surface area (Å²) in [4.78, 5) is 14.4. The Kier molecular flexibility index (Phi) is 6.91. The van der Waals surface area contributed by atoms with Crippen molar-refractivity contribution in [1.82, 2.24) is 4.57 Å². The van der Waals surface area contributed by atoms with Crippen LogP contribution in [0.25, 0.3) is 10.9 Å². The van der Waals surface area contributed by atoms with Gasteiger partial charge in [-0.05, 0) is 60.0 Å². The fourth-order valence-corrected chi connectivity index (χ4v) is 5.15. The molecule has 0 N–H and O–H groups in total. The van der Waals surface area contributed by atoms with Crippen molar-refractivity contribution in [2.24, 2.45) is 0 Å². The van der Waals surface area contributed by atoms with E-state index >= 15 is 0 Å². The number of carbonyl (C=O) groups excluding carboxylic acids is 1. The molecule has 0 fully saturated rings. The number of para-hydroxylation sites is 4. The lowest BCUT2D eigenvalue weighted by Gasteiger charge is -2.32. The summed E-state index contributed by atoms with van der Waals surface area (Å²) in [5.74, 6) is 2.25. The minimum absolute atomic E-state index is 0.216. The molecule has 39 heavy (non-hydrogen) atoms. The summed E-state index contributed by atoms with van der Waals surface area (Å²) >= 11 is 0. The molecule has 6 heteroatoms. The molecule has 2 heterocycles. The Morgan fingerprint density at radius 3 is 2.26 bits per heavy atom. The Bertz CT molecular complexity index is 1560. The molecule has 0 amide bonds. The van der Waals surface area contributed by atoms with E-state index in [1.807, 2.05) is 72.9 Å². The van der Waals surface area contributed by atoms with Crippen LogP contribution in [-0.4, -0.2) is 30.8 Å². The summed E-state index contributed by atoms with van der Waals surface area (Å²) < 4.78 is 19.4. The lowest BCUT2D eigenvalue weighted by Crippen LogP contribution is -2.23. The minimum atomic E-state index is -0.258. The Hall–Kier alpha value is -4.71. The smallest absolute Gasteiger partial charge is 0.310 e. The van der Waals surface area contributed by atoms with Crippen LogP contribution in [0, 0.1) is 0 Å². The van der Waals surface area contributed by atoms with Gasteiger partial charge in [0.2, 0.25) is 0 Å². The van der Waals surface area contributed by atoms with Gasteiger partial charge in [-0.3, -0.25) is 4.79 Å². The molecule has 0 saturated carbocycles. The molecule has 4 aromatic carbocycles. The first-order valence-electron chi connectivity index (χ1n) is 13.2. The quantitative estimate of drug-likeness (QED) is 0.154. The second-order valence-corrected chi connectivity index (χ2v) is 9.59. The average molecular weight is 519 g/mol. The van der Waals surface area contributed by atoms with E-state index in [1.165, 1.54) is 12.7 Å². The predicted octanol–water partition coefficient (Wildman–Crippen LogP) is 7.12. The second kappa shape index (κ2) is 11.0. The van der Waals surface area contributed by atoms with Crippen LogP contribution >= 0.6 is 0 Å². The zero-order valence-corrected chi connectivity index (χ0v) is 21.9. The first kappa shape index (κ1) is 24.6. The van der Waals surface area contributed by atoms with E-state index in [2.05, 4.69) is 39.8 Å². The number of fused-ring (bicyclic) bond motifs is 3. The molecular weight excluding hydrogens is 488 g/mol. The number of esters is 1. The van der Waals surface area contributed by atoms with Crippen LogP contribution in [0.3, 0.4) is 0 Å². The number of hydrogen-bond acceptors (Lipinski definition) is 5. The molecule has 6 rings (SSSR count). The monoisotopic (exact) mass is 518 g/mol. The Morgan fingerprint density at radius 1 is 0.846 bits per heavy atom. The molecule has 0 spiro atoms. The third-order valence-corrected chi connectivity index (χ3v) is 7.02. The van der Waals surface area contributed by atoms with Crippen LogP contribution in [-0.2, 0) is 22.5 Å². The first-order chi connectivity index (χ1) is 19.2. The Morgan fingerprint density at radius 2 is 1.54 bits per heavy atom. The summed E-state index contributed by atoms with van der Waals surface area (Å²) in [6, 6.07) is 32.6. The Balaban J connectivity index is 1.18. The van der Waals surface area contributed by atoms with E-state index in [0.29, 0.717) is 6.61 Å². The standard InChI is InChI=1S/C33H30N2O4/c1-37-33(36)20-25-23-34(22-24-10-3-2-4-11-24)28-17-16-26(21-27(25)28)38-19-9-18-35-29-12-5-7-14-31(29)39-32-15-8-6-13-30(32)35/h2-8,10-17,21,23H,9,18-20,22H2,1H3. The van der Waals surface area contributed by atoms with Gasteiger partial charge >= 0.3 is 5.97 Å². The maximum Gasteiger partial charge on any atom is 0.310 e. The molecule has 6 nitrogen and oxygen atoms in total. The van der Waals surface area contributed by atoms with Crippen LogP contribution in [0.4, 0.5) is 11.4 Å². The molecule has 0 bridgehead atoms. The van der Waals surface area contributed by atoms with Crippen molar-refractivity contribution in [2.45, 2.75) is 19.4 Å². The molecule has 1 aliphatic heterocycles. The van der Waals surface area contributed by atoms with E-state index in [0.717, 1.165) is 64.6 Å². The normalized spacial score (nSPS) is 12.0. The van der Waals surface area contributed by atoms with Crippen molar-refractivity contribution in [1.29, 1.82) is 0 Å². The van der Waals surface area contributed by atoms with E-state index in [1.54, 1.807) is 0 Å². The number of ether oxygens (including phenoxy) is 3. The predicted molar refractivity (Wildman–Crippen MR) is 153 cm³/mol. The fourth-order valence-electron chi connectivity index (χ4n) is 5.15. The topological polar surface area (TPSA) is 52.9 Å². The summed E-state index contributed by atoms with van der Waals surface area (Å²) in [6.07, 6.45) is 3.09. The Labute approximate surface area is 228 Å². The van der Waals surface area contributed by atoms with Crippen molar-refractivity contribution < 1.29 is 19.0 Å². The van der Waals surface area contributed by atoms with Crippen molar-refractivity contribution >= 4 is 28.2 Å². The summed E-state index contributed by atoms with van der Waals surface area (Å²) in [6.45, 7) is 2.08. The number of methoxy groups -OCH3 is 1. The molecule has 0 atom stereocenters. The van der Waals surface area contributed by atoms with E-state index in [9.17, 15) is 4.79 Å². The maximum atomic E-state index is 12.1. The summed E-state index contributed by atoms with van der Waals surface area (Å²) in [5, 5.41) is 1.00. The largest absolute Gasteiger partial charge is 0.494 e. The van der Waals surface area contributed by atoms with E-state index in [-0.39, 0.29) is 12.4 Å². The van der Waals surface area contributed by atoms with Crippen LogP contribution in [0.1, 0.15) is 17.5 Å². The molecule has 196 valence electrons. The number of anilines is 2. The van der Waals surface area contributed by atoms with Gasteiger partial charge < -0.3 is 23.7 Å². The van der Waals surface area contributed by atoms with Crippen molar-refractivity contribution in [3.8, 4) is 17.2 Å². The number of carbonyl (C=O) groups is 1.